The largest absolute Gasteiger partial charge is 0.497 e. The van der Waals surface area contributed by atoms with E-state index in [2.05, 4.69) is 29.0 Å². The van der Waals surface area contributed by atoms with E-state index in [1.807, 2.05) is 24.3 Å². The zero-order chi connectivity index (χ0) is 20.6. The van der Waals surface area contributed by atoms with Gasteiger partial charge in [0.1, 0.15) is 10.8 Å². The predicted molar refractivity (Wildman–Crippen MR) is 119 cm³/mol. The highest BCUT2D eigenvalue weighted by Gasteiger charge is 2.26. The number of carbonyl (C=O) groups is 1. The Morgan fingerprint density at radius 1 is 1.10 bits per heavy atom. The van der Waals surface area contributed by atoms with E-state index in [-0.39, 0.29) is 5.92 Å². The van der Waals surface area contributed by atoms with Gasteiger partial charge in [0.25, 0.3) is 0 Å². The molecule has 1 aromatic heterocycles. The van der Waals surface area contributed by atoms with Gasteiger partial charge in [0.05, 0.1) is 19.3 Å². The lowest BCUT2D eigenvalue weighted by Gasteiger charge is -2.36. The first-order chi connectivity index (χ1) is 14.1. The number of hydrogen-bond donors (Lipinski definition) is 0. The van der Waals surface area contributed by atoms with Crippen LogP contribution in [0.4, 0.5) is 0 Å². The molecule has 2 heterocycles. The van der Waals surface area contributed by atoms with E-state index in [1.165, 1.54) is 0 Å². The molecule has 1 fully saturated rings. The van der Waals surface area contributed by atoms with Gasteiger partial charge in [-0.15, -0.1) is 11.3 Å². The molecule has 5 nitrogen and oxygen atoms in total. The van der Waals surface area contributed by atoms with Crippen LogP contribution in [0.15, 0.2) is 29.6 Å². The van der Waals surface area contributed by atoms with E-state index in [4.69, 9.17) is 9.72 Å². The molecule has 158 valence electrons. The van der Waals surface area contributed by atoms with Crippen LogP contribution in [0, 0.1) is 5.92 Å². The van der Waals surface area contributed by atoms with Gasteiger partial charge in [0.2, 0.25) is 5.91 Å². The number of carbonyl (C=O) groups excluding carboxylic acids is 1. The number of amides is 1. The summed E-state index contributed by atoms with van der Waals surface area (Å²) in [4.78, 5) is 22.1. The Balaban J connectivity index is 1.52. The standard InChI is InChI=1S/C23H33N3O2S/c1-4-6-19(7-5-2)23(27)26-14-12-25(13-15-26)16-22-24-21(17-29-22)18-8-10-20(28-3)11-9-18/h8-11,17,19H,4-7,12-16H2,1-3H3. The summed E-state index contributed by atoms with van der Waals surface area (Å²) in [5, 5.41) is 3.25. The van der Waals surface area contributed by atoms with Gasteiger partial charge in [-0.3, -0.25) is 9.69 Å². The maximum absolute atomic E-state index is 12.8. The van der Waals surface area contributed by atoms with Crippen molar-refractivity contribution in [3.63, 3.8) is 0 Å². The molecular formula is C23H33N3O2S. The molecule has 1 amide bonds. The molecule has 0 aliphatic carbocycles. The lowest BCUT2D eigenvalue weighted by atomic mass is 9.96. The summed E-state index contributed by atoms with van der Waals surface area (Å²) in [6, 6.07) is 8.03. The SMILES string of the molecule is CCCC(CCC)C(=O)N1CCN(Cc2nc(-c3ccc(OC)cc3)cs2)CC1. The summed E-state index contributed by atoms with van der Waals surface area (Å²) >= 11 is 1.71. The molecule has 29 heavy (non-hydrogen) atoms. The normalized spacial score (nSPS) is 15.1. The molecule has 0 atom stereocenters. The van der Waals surface area contributed by atoms with Gasteiger partial charge >= 0.3 is 0 Å². The third kappa shape index (κ3) is 5.80. The average Bonchev–Trinajstić information content (AvgIpc) is 3.22. The van der Waals surface area contributed by atoms with Crippen LogP contribution in [-0.4, -0.2) is 54.0 Å². The van der Waals surface area contributed by atoms with Crippen molar-refractivity contribution < 1.29 is 9.53 Å². The van der Waals surface area contributed by atoms with Crippen molar-refractivity contribution >= 4 is 17.2 Å². The fourth-order valence-electron chi connectivity index (χ4n) is 3.94. The fourth-order valence-corrected chi connectivity index (χ4v) is 4.79. The first-order valence-electron chi connectivity index (χ1n) is 10.7. The van der Waals surface area contributed by atoms with Gasteiger partial charge in [-0.2, -0.15) is 0 Å². The number of nitrogens with zero attached hydrogens (tertiary/aromatic N) is 3. The molecule has 2 aromatic rings. The second-order valence-corrected chi connectivity index (χ2v) is 8.67. The Morgan fingerprint density at radius 2 is 1.76 bits per heavy atom. The summed E-state index contributed by atoms with van der Waals surface area (Å²) in [6.45, 7) is 8.71. The number of rotatable bonds is 9. The van der Waals surface area contributed by atoms with Crippen molar-refractivity contribution in [3.05, 3.63) is 34.7 Å². The van der Waals surface area contributed by atoms with E-state index >= 15 is 0 Å². The summed E-state index contributed by atoms with van der Waals surface area (Å²) in [6.07, 6.45) is 4.19. The molecule has 0 unspecified atom stereocenters. The molecule has 0 N–H and O–H groups in total. The van der Waals surface area contributed by atoms with Crippen molar-refractivity contribution in [1.82, 2.24) is 14.8 Å². The average molecular weight is 416 g/mol. The van der Waals surface area contributed by atoms with Crippen LogP contribution >= 0.6 is 11.3 Å². The quantitative estimate of drug-likeness (QED) is 0.597. The first-order valence-corrected chi connectivity index (χ1v) is 11.6. The maximum Gasteiger partial charge on any atom is 0.225 e. The Morgan fingerprint density at radius 3 is 2.34 bits per heavy atom. The van der Waals surface area contributed by atoms with Gasteiger partial charge < -0.3 is 9.64 Å². The Kier molecular flexibility index (Phi) is 8.07. The van der Waals surface area contributed by atoms with Gasteiger partial charge in [0.15, 0.2) is 0 Å². The monoisotopic (exact) mass is 415 g/mol. The topological polar surface area (TPSA) is 45.7 Å². The van der Waals surface area contributed by atoms with E-state index in [1.54, 1.807) is 18.4 Å². The molecule has 3 rings (SSSR count). The molecular weight excluding hydrogens is 382 g/mol. The van der Waals surface area contributed by atoms with Crippen LogP contribution in [0.3, 0.4) is 0 Å². The molecule has 0 spiro atoms. The highest BCUT2D eigenvalue weighted by atomic mass is 32.1. The van der Waals surface area contributed by atoms with Gasteiger partial charge in [-0.05, 0) is 37.1 Å². The molecule has 0 bridgehead atoms. The lowest BCUT2D eigenvalue weighted by Crippen LogP contribution is -2.50. The van der Waals surface area contributed by atoms with Crippen molar-refractivity contribution in [1.29, 1.82) is 0 Å². The van der Waals surface area contributed by atoms with Crippen LogP contribution in [0.25, 0.3) is 11.3 Å². The van der Waals surface area contributed by atoms with Gasteiger partial charge in [0, 0.05) is 43.0 Å². The molecule has 0 radical (unpaired) electrons. The van der Waals surface area contributed by atoms with E-state index in [0.717, 1.165) is 80.4 Å². The lowest BCUT2D eigenvalue weighted by molar-refractivity contribution is -0.137. The van der Waals surface area contributed by atoms with Crippen molar-refractivity contribution in [2.45, 2.75) is 46.1 Å². The van der Waals surface area contributed by atoms with E-state index in [0.29, 0.717) is 5.91 Å². The van der Waals surface area contributed by atoms with Gasteiger partial charge in [-0.25, -0.2) is 4.98 Å². The molecule has 6 heteroatoms. The van der Waals surface area contributed by atoms with Crippen LogP contribution in [0.1, 0.15) is 44.5 Å². The van der Waals surface area contributed by atoms with Crippen molar-refractivity contribution in [3.8, 4) is 17.0 Å². The van der Waals surface area contributed by atoms with Crippen molar-refractivity contribution in [2.75, 3.05) is 33.3 Å². The number of benzene rings is 1. The molecule has 1 saturated heterocycles. The Bertz CT molecular complexity index is 761. The Hall–Kier alpha value is -1.92. The predicted octanol–water partition coefficient (Wildman–Crippen LogP) is 4.68. The summed E-state index contributed by atoms with van der Waals surface area (Å²) in [5.74, 6) is 1.43. The van der Waals surface area contributed by atoms with Crippen LogP contribution in [-0.2, 0) is 11.3 Å². The maximum atomic E-state index is 12.8. The first kappa shape index (κ1) is 21.8. The fraction of sp³-hybridized carbons (Fsp3) is 0.565. The van der Waals surface area contributed by atoms with Gasteiger partial charge in [-0.1, -0.05) is 26.7 Å². The molecule has 1 aromatic carbocycles. The Labute approximate surface area is 178 Å². The zero-order valence-electron chi connectivity index (χ0n) is 17.9. The van der Waals surface area contributed by atoms with Crippen LogP contribution in [0.2, 0.25) is 0 Å². The minimum absolute atomic E-state index is 0.211. The third-order valence-corrected chi connectivity index (χ3v) is 6.44. The molecule has 1 aliphatic heterocycles. The zero-order valence-corrected chi connectivity index (χ0v) is 18.7. The minimum atomic E-state index is 0.211. The number of hydrogen-bond acceptors (Lipinski definition) is 5. The molecule has 1 aliphatic rings. The summed E-state index contributed by atoms with van der Waals surface area (Å²) in [7, 11) is 1.68. The number of methoxy groups -OCH3 is 1. The highest BCUT2D eigenvalue weighted by Crippen LogP contribution is 2.25. The highest BCUT2D eigenvalue weighted by molar-refractivity contribution is 7.09. The summed E-state index contributed by atoms with van der Waals surface area (Å²) in [5.41, 5.74) is 2.13. The number of piperazine rings is 1. The van der Waals surface area contributed by atoms with E-state index in [9.17, 15) is 4.79 Å². The smallest absolute Gasteiger partial charge is 0.225 e. The van der Waals surface area contributed by atoms with Crippen LogP contribution < -0.4 is 4.74 Å². The second-order valence-electron chi connectivity index (χ2n) is 7.73. The second kappa shape index (κ2) is 10.7. The minimum Gasteiger partial charge on any atom is -0.497 e. The van der Waals surface area contributed by atoms with Crippen molar-refractivity contribution in [2.24, 2.45) is 5.92 Å². The number of thiazole rings is 1. The number of aromatic nitrogens is 1. The molecule has 0 saturated carbocycles. The third-order valence-electron chi connectivity index (χ3n) is 5.60. The summed E-state index contributed by atoms with van der Waals surface area (Å²) < 4.78 is 5.23. The van der Waals surface area contributed by atoms with E-state index < -0.39 is 0 Å². The van der Waals surface area contributed by atoms with Crippen LogP contribution in [0.5, 0.6) is 5.75 Å². The number of ether oxygens (including phenoxy) is 1.